The minimum atomic E-state index is 0.296. The summed E-state index contributed by atoms with van der Waals surface area (Å²) in [5.41, 5.74) is 10.4. The standard InChI is InChI=1S/C19H30N2/c1-3-18(20)11-17-8-9-19(14(2)10-17)21(12-15-4-5-15)13-16-6-7-16/h8-10,15-16,18H,3-7,11-13,20H2,1-2H3. The summed E-state index contributed by atoms with van der Waals surface area (Å²) in [6, 6.07) is 7.30. The number of rotatable bonds is 8. The molecule has 2 N–H and O–H groups in total. The van der Waals surface area contributed by atoms with Crippen LogP contribution in [-0.2, 0) is 6.42 Å². The van der Waals surface area contributed by atoms with Gasteiger partial charge in [0.25, 0.3) is 0 Å². The van der Waals surface area contributed by atoms with Gasteiger partial charge >= 0.3 is 0 Å². The highest BCUT2D eigenvalue weighted by atomic mass is 15.1. The molecule has 2 aliphatic carbocycles. The van der Waals surface area contributed by atoms with Gasteiger partial charge in [-0.25, -0.2) is 0 Å². The molecular weight excluding hydrogens is 256 g/mol. The van der Waals surface area contributed by atoms with Crippen LogP contribution in [-0.4, -0.2) is 19.1 Å². The zero-order chi connectivity index (χ0) is 14.8. The lowest BCUT2D eigenvalue weighted by Gasteiger charge is -2.27. The average Bonchev–Trinajstić information content (AvgIpc) is 3.34. The first kappa shape index (κ1) is 14.9. The Kier molecular flexibility index (Phi) is 4.54. The molecule has 2 nitrogen and oxygen atoms in total. The molecule has 0 amide bonds. The van der Waals surface area contributed by atoms with Crippen LogP contribution in [0.4, 0.5) is 5.69 Å². The van der Waals surface area contributed by atoms with E-state index in [0.29, 0.717) is 6.04 Å². The summed E-state index contributed by atoms with van der Waals surface area (Å²) in [6.07, 6.45) is 7.79. The fraction of sp³-hybridized carbons (Fsp3) is 0.684. The van der Waals surface area contributed by atoms with Crippen LogP contribution in [0.1, 0.15) is 50.2 Å². The molecule has 0 aromatic heterocycles. The Hall–Kier alpha value is -1.02. The van der Waals surface area contributed by atoms with Gasteiger partial charge in [0.05, 0.1) is 0 Å². The van der Waals surface area contributed by atoms with Crippen molar-refractivity contribution in [1.82, 2.24) is 0 Å². The van der Waals surface area contributed by atoms with E-state index in [1.165, 1.54) is 55.6 Å². The Balaban J connectivity index is 1.71. The van der Waals surface area contributed by atoms with Gasteiger partial charge in [0.15, 0.2) is 0 Å². The zero-order valence-corrected chi connectivity index (χ0v) is 13.6. The van der Waals surface area contributed by atoms with Crippen LogP contribution in [0.3, 0.4) is 0 Å². The van der Waals surface area contributed by atoms with Gasteiger partial charge in [-0.15, -0.1) is 0 Å². The van der Waals surface area contributed by atoms with E-state index in [2.05, 4.69) is 36.9 Å². The predicted molar refractivity (Wildman–Crippen MR) is 90.8 cm³/mol. The van der Waals surface area contributed by atoms with Gasteiger partial charge in [-0.05, 0) is 74.5 Å². The first-order chi connectivity index (χ1) is 10.2. The van der Waals surface area contributed by atoms with E-state index >= 15 is 0 Å². The molecule has 2 aliphatic rings. The predicted octanol–water partition coefficient (Wildman–Crippen LogP) is 3.90. The van der Waals surface area contributed by atoms with Gasteiger partial charge < -0.3 is 10.6 Å². The summed E-state index contributed by atoms with van der Waals surface area (Å²) in [6.45, 7) is 6.97. The zero-order valence-electron chi connectivity index (χ0n) is 13.6. The van der Waals surface area contributed by atoms with Gasteiger partial charge in [0.2, 0.25) is 0 Å². The maximum atomic E-state index is 6.09. The highest BCUT2D eigenvalue weighted by Gasteiger charge is 2.29. The number of benzene rings is 1. The molecule has 2 saturated carbocycles. The Morgan fingerprint density at radius 3 is 2.24 bits per heavy atom. The third kappa shape index (κ3) is 4.23. The Morgan fingerprint density at radius 2 is 1.76 bits per heavy atom. The van der Waals surface area contributed by atoms with Gasteiger partial charge in [0, 0.05) is 24.8 Å². The van der Waals surface area contributed by atoms with Crippen LogP contribution in [0.5, 0.6) is 0 Å². The first-order valence-electron chi connectivity index (χ1n) is 8.75. The van der Waals surface area contributed by atoms with E-state index in [1.807, 2.05) is 0 Å². The highest BCUT2D eigenvalue weighted by molar-refractivity contribution is 5.55. The molecule has 0 aliphatic heterocycles. The maximum Gasteiger partial charge on any atom is 0.0396 e. The molecule has 1 atom stereocenters. The summed E-state index contributed by atoms with van der Waals surface area (Å²) in [5, 5.41) is 0. The normalized spacial score (nSPS) is 19.6. The lowest BCUT2D eigenvalue weighted by atomic mass is 10.0. The van der Waals surface area contributed by atoms with Crippen molar-refractivity contribution in [1.29, 1.82) is 0 Å². The summed E-state index contributed by atoms with van der Waals surface area (Å²) < 4.78 is 0. The summed E-state index contributed by atoms with van der Waals surface area (Å²) in [4.78, 5) is 2.66. The maximum absolute atomic E-state index is 6.09. The average molecular weight is 286 g/mol. The minimum absolute atomic E-state index is 0.296. The molecule has 1 aromatic rings. The number of nitrogens with zero attached hydrogens (tertiary/aromatic N) is 1. The monoisotopic (exact) mass is 286 g/mol. The SMILES string of the molecule is CCC(N)Cc1ccc(N(CC2CC2)CC2CC2)c(C)c1. The van der Waals surface area contributed by atoms with E-state index in [4.69, 9.17) is 5.73 Å². The molecule has 0 saturated heterocycles. The molecule has 0 bridgehead atoms. The summed E-state index contributed by atoms with van der Waals surface area (Å²) in [5.74, 6) is 1.91. The second-order valence-corrected chi connectivity index (χ2v) is 7.29. The highest BCUT2D eigenvalue weighted by Crippen LogP contribution is 2.36. The minimum Gasteiger partial charge on any atom is -0.371 e. The van der Waals surface area contributed by atoms with Crippen molar-refractivity contribution in [3.63, 3.8) is 0 Å². The van der Waals surface area contributed by atoms with Crippen molar-refractivity contribution in [2.75, 3.05) is 18.0 Å². The molecular formula is C19H30N2. The van der Waals surface area contributed by atoms with Crippen LogP contribution in [0.2, 0.25) is 0 Å². The van der Waals surface area contributed by atoms with Crippen LogP contribution in [0, 0.1) is 18.8 Å². The second-order valence-electron chi connectivity index (χ2n) is 7.29. The lowest BCUT2D eigenvalue weighted by molar-refractivity contribution is 0.645. The molecule has 0 radical (unpaired) electrons. The van der Waals surface area contributed by atoms with Crippen LogP contribution < -0.4 is 10.6 Å². The van der Waals surface area contributed by atoms with Gasteiger partial charge in [-0.3, -0.25) is 0 Å². The van der Waals surface area contributed by atoms with Crippen molar-refractivity contribution in [2.45, 2.75) is 58.4 Å². The summed E-state index contributed by atoms with van der Waals surface area (Å²) in [7, 11) is 0. The van der Waals surface area contributed by atoms with Crippen LogP contribution >= 0.6 is 0 Å². The molecule has 2 fully saturated rings. The van der Waals surface area contributed by atoms with Crippen LogP contribution in [0.15, 0.2) is 18.2 Å². The Morgan fingerprint density at radius 1 is 1.14 bits per heavy atom. The van der Waals surface area contributed by atoms with E-state index in [0.717, 1.165) is 24.7 Å². The number of anilines is 1. The van der Waals surface area contributed by atoms with Gasteiger partial charge in [-0.1, -0.05) is 19.1 Å². The fourth-order valence-electron chi connectivity index (χ4n) is 3.14. The number of nitrogens with two attached hydrogens (primary N) is 1. The topological polar surface area (TPSA) is 29.3 Å². The van der Waals surface area contributed by atoms with E-state index in [9.17, 15) is 0 Å². The van der Waals surface area contributed by atoms with Gasteiger partial charge in [-0.2, -0.15) is 0 Å². The van der Waals surface area contributed by atoms with Crippen LogP contribution in [0.25, 0.3) is 0 Å². The van der Waals surface area contributed by atoms with E-state index in [1.54, 1.807) is 0 Å². The second kappa shape index (κ2) is 6.39. The molecule has 116 valence electrons. The van der Waals surface area contributed by atoms with Crippen molar-refractivity contribution < 1.29 is 0 Å². The molecule has 1 aromatic carbocycles. The third-order valence-corrected chi connectivity index (χ3v) is 4.98. The number of hydrogen-bond acceptors (Lipinski definition) is 2. The summed E-state index contributed by atoms with van der Waals surface area (Å²) >= 11 is 0. The first-order valence-corrected chi connectivity index (χ1v) is 8.75. The molecule has 21 heavy (non-hydrogen) atoms. The van der Waals surface area contributed by atoms with Gasteiger partial charge in [0.1, 0.15) is 0 Å². The Labute approximate surface area is 129 Å². The number of aryl methyl sites for hydroxylation is 1. The Bertz CT molecular complexity index is 460. The lowest BCUT2D eigenvalue weighted by Crippen LogP contribution is -2.29. The largest absolute Gasteiger partial charge is 0.371 e. The molecule has 2 heteroatoms. The fourth-order valence-corrected chi connectivity index (χ4v) is 3.14. The van der Waals surface area contributed by atoms with E-state index in [-0.39, 0.29) is 0 Å². The van der Waals surface area contributed by atoms with Crippen molar-refractivity contribution >= 4 is 5.69 Å². The smallest absolute Gasteiger partial charge is 0.0396 e. The molecule has 0 heterocycles. The molecule has 3 rings (SSSR count). The number of hydrogen-bond donors (Lipinski definition) is 1. The van der Waals surface area contributed by atoms with Crippen molar-refractivity contribution in [3.05, 3.63) is 29.3 Å². The molecule has 1 unspecified atom stereocenters. The van der Waals surface area contributed by atoms with Crippen molar-refractivity contribution in [3.8, 4) is 0 Å². The van der Waals surface area contributed by atoms with E-state index < -0.39 is 0 Å². The third-order valence-electron chi connectivity index (χ3n) is 4.98. The molecule has 0 spiro atoms. The van der Waals surface area contributed by atoms with Crippen molar-refractivity contribution in [2.24, 2.45) is 17.6 Å². The quantitative estimate of drug-likeness (QED) is 0.785.